The normalized spacial score (nSPS) is 10.4. The van der Waals surface area contributed by atoms with Gasteiger partial charge in [0.1, 0.15) is 11.2 Å². The molecular weight excluding hydrogens is 317 g/mol. The number of nitriles is 1. The van der Waals surface area contributed by atoms with Crippen LogP contribution in [-0.2, 0) is 6.54 Å². The Labute approximate surface area is 129 Å². The van der Waals surface area contributed by atoms with E-state index < -0.39 is 4.92 Å². The largest absolute Gasteiger partial charge is 0.395 e. The summed E-state index contributed by atoms with van der Waals surface area (Å²) in [4.78, 5) is 10.7. The lowest BCUT2D eigenvalue weighted by Crippen LogP contribution is -2.05. The van der Waals surface area contributed by atoms with Crippen LogP contribution in [0.3, 0.4) is 0 Å². The molecule has 1 aromatic heterocycles. The van der Waals surface area contributed by atoms with Gasteiger partial charge in [-0.05, 0) is 17.7 Å². The summed E-state index contributed by atoms with van der Waals surface area (Å²) in [6, 6.07) is 8.09. The van der Waals surface area contributed by atoms with E-state index in [2.05, 4.69) is 0 Å². The number of aliphatic hydroxyl groups is 1. The number of aromatic nitrogens is 1. The number of nitrogens with zero attached hydrogens (tertiary/aromatic N) is 3. The highest BCUT2D eigenvalue weighted by Crippen LogP contribution is 2.41. The Morgan fingerprint density at radius 1 is 1.33 bits per heavy atom. The minimum atomic E-state index is -0.651. The number of rotatable bonds is 4. The van der Waals surface area contributed by atoms with Crippen molar-refractivity contribution in [3.63, 3.8) is 0 Å². The fraction of sp³-hybridized carbons (Fsp3) is 0.154. The highest BCUT2D eigenvalue weighted by molar-refractivity contribution is 6.33. The molecule has 0 aliphatic rings. The lowest BCUT2D eigenvalue weighted by atomic mass is 10.1. The number of halogens is 2. The molecule has 6 nitrogen and oxygen atoms in total. The molecule has 0 aliphatic heterocycles. The van der Waals surface area contributed by atoms with Crippen molar-refractivity contribution in [1.82, 2.24) is 4.57 Å². The smallest absolute Gasteiger partial charge is 0.314 e. The van der Waals surface area contributed by atoms with Gasteiger partial charge in [-0.15, -0.1) is 0 Å². The first-order valence-corrected chi connectivity index (χ1v) is 6.60. The highest BCUT2D eigenvalue weighted by Gasteiger charge is 2.31. The average Bonchev–Trinajstić information content (AvgIpc) is 2.73. The van der Waals surface area contributed by atoms with Gasteiger partial charge in [-0.25, -0.2) is 0 Å². The van der Waals surface area contributed by atoms with Gasteiger partial charge in [-0.3, -0.25) is 10.1 Å². The lowest BCUT2D eigenvalue weighted by Gasteiger charge is -2.03. The van der Waals surface area contributed by atoms with Gasteiger partial charge < -0.3 is 9.67 Å². The Morgan fingerprint density at radius 3 is 2.43 bits per heavy atom. The molecule has 0 atom stereocenters. The molecule has 2 rings (SSSR count). The minimum absolute atomic E-state index is 0.00381. The molecule has 1 heterocycles. The molecule has 0 fully saturated rings. The van der Waals surface area contributed by atoms with Crippen LogP contribution in [0.1, 0.15) is 5.69 Å². The van der Waals surface area contributed by atoms with Gasteiger partial charge in [-0.2, -0.15) is 5.26 Å². The lowest BCUT2D eigenvalue weighted by molar-refractivity contribution is -0.384. The average molecular weight is 326 g/mol. The number of nitro groups is 1. The van der Waals surface area contributed by atoms with Gasteiger partial charge in [0.05, 0.1) is 17.1 Å². The van der Waals surface area contributed by atoms with Crippen molar-refractivity contribution in [1.29, 1.82) is 5.26 Å². The van der Waals surface area contributed by atoms with Gasteiger partial charge in [0.2, 0.25) is 5.69 Å². The maximum absolute atomic E-state index is 11.3. The fourth-order valence-corrected chi connectivity index (χ4v) is 2.54. The molecule has 1 aromatic carbocycles. The maximum atomic E-state index is 11.3. The molecule has 0 aliphatic carbocycles. The second-order valence-electron chi connectivity index (χ2n) is 4.11. The van der Waals surface area contributed by atoms with E-state index in [0.717, 1.165) is 0 Å². The molecule has 0 saturated carbocycles. The Balaban J connectivity index is 2.78. The third-order valence-corrected chi connectivity index (χ3v) is 3.56. The summed E-state index contributed by atoms with van der Waals surface area (Å²) in [6.07, 6.45) is 0. The van der Waals surface area contributed by atoms with E-state index in [-0.39, 0.29) is 35.2 Å². The standard InChI is InChI=1S/C13H9Cl2N3O3/c14-9-3-1-8(2-4-9)11-12(18(20)21)10(7-16)17(5-6-19)13(11)15/h1-4,19H,5-6H2. The molecule has 0 unspecified atom stereocenters. The monoisotopic (exact) mass is 325 g/mol. The van der Waals surface area contributed by atoms with Crippen molar-refractivity contribution in [3.8, 4) is 17.2 Å². The van der Waals surface area contributed by atoms with E-state index in [1.165, 1.54) is 4.57 Å². The Kier molecular flexibility index (Phi) is 4.48. The van der Waals surface area contributed by atoms with Crippen LogP contribution in [0.4, 0.5) is 5.69 Å². The molecule has 21 heavy (non-hydrogen) atoms. The first-order chi connectivity index (χ1) is 10.0. The summed E-state index contributed by atoms with van der Waals surface area (Å²) in [5.41, 5.74) is 0.0508. The molecule has 0 amide bonds. The van der Waals surface area contributed by atoms with Crippen molar-refractivity contribution in [2.24, 2.45) is 0 Å². The highest BCUT2D eigenvalue weighted by atomic mass is 35.5. The van der Waals surface area contributed by atoms with Crippen LogP contribution < -0.4 is 0 Å². The predicted octanol–water partition coefficient (Wildman–Crippen LogP) is 3.23. The van der Waals surface area contributed by atoms with Gasteiger partial charge in [0.15, 0.2) is 0 Å². The van der Waals surface area contributed by atoms with E-state index in [1.54, 1.807) is 30.3 Å². The van der Waals surface area contributed by atoms with Crippen LogP contribution in [-0.4, -0.2) is 21.2 Å². The van der Waals surface area contributed by atoms with E-state index in [1.807, 2.05) is 0 Å². The summed E-state index contributed by atoms with van der Waals surface area (Å²) in [5, 5.41) is 30.0. The summed E-state index contributed by atoms with van der Waals surface area (Å²) >= 11 is 12.0. The summed E-state index contributed by atoms with van der Waals surface area (Å²) in [7, 11) is 0. The van der Waals surface area contributed by atoms with Crippen LogP contribution in [0, 0.1) is 21.4 Å². The van der Waals surface area contributed by atoms with Crippen molar-refractivity contribution < 1.29 is 10.0 Å². The van der Waals surface area contributed by atoms with E-state index in [4.69, 9.17) is 33.6 Å². The van der Waals surface area contributed by atoms with Crippen molar-refractivity contribution in [2.45, 2.75) is 6.54 Å². The molecule has 1 N–H and O–H groups in total. The van der Waals surface area contributed by atoms with Gasteiger partial charge in [-0.1, -0.05) is 35.3 Å². The summed E-state index contributed by atoms with van der Waals surface area (Å²) in [6.45, 7) is -0.295. The van der Waals surface area contributed by atoms with E-state index >= 15 is 0 Å². The fourth-order valence-electron chi connectivity index (χ4n) is 2.05. The molecule has 0 bridgehead atoms. The van der Waals surface area contributed by atoms with Crippen LogP contribution in [0.15, 0.2) is 24.3 Å². The Bertz CT molecular complexity index is 733. The van der Waals surface area contributed by atoms with Crippen LogP contribution in [0.5, 0.6) is 0 Å². The van der Waals surface area contributed by atoms with Gasteiger partial charge in [0.25, 0.3) is 0 Å². The Hall–Kier alpha value is -2.07. The first-order valence-electron chi connectivity index (χ1n) is 5.84. The quantitative estimate of drug-likeness (QED) is 0.689. The topological polar surface area (TPSA) is 92.1 Å². The van der Waals surface area contributed by atoms with Crippen LogP contribution in [0.2, 0.25) is 10.2 Å². The molecule has 0 radical (unpaired) electrons. The van der Waals surface area contributed by atoms with Crippen LogP contribution in [0.25, 0.3) is 11.1 Å². The SMILES string of the molecule is N#Cc1c([N+](=O)[O-])c(-c2ccc(Cl)cc2)c(Cl)n1CCO. The zero-order valence-electron chi connectivity index (χ0n) is 10.6. The number of benzene rings is 1. The second-order valence-corrected chi connectivity index (χ2v) is 4.91. The minimum Gasteiger partial charge on any atom is -0.395 e. The Morgan fingerprint density at radius 2 is 1.95 bits per heavy atom. The molecule has 0 saturated heterocycles. The molecular formula is C13H9Cl2N3O3. The zero-order valence-corrected chi connectivity index (χ0v) is 12.1. The summed E-state index contributed by atoms with van der Waals surface area (Å²) in [5.74, 6) is 0. The van der Waals surface area contributed by atoms with E-state index in [0.29, 0.717) is 10.6 Å². The van der Waals surface area contributed by atoms with Crippen LogP contribution >= 0.6 is 23.2 Å². The third kappa shape index (κ3) is 2.72. The second kappa shape index (κ2) is 6.14. The first kappa shape index (κ1) is 15.3. The van der Waals surface area contributed by atoms with Gasteiger partial charge in [0, 0.05) is 11.6 Å². The van der Waals surface area contributed by atoms with Crippen molar-refractivity contribution >= 4 is 28.9 Å². The number of hydrogen-bond acceptors (Lipinski definition) is 4. The summed E-state index contributed by atoms with van der Waals surface area (Å²) < 4.78 is 1.23. The van der Waals surface area contributed by atoms with Crippen molar-refractivity contribution in [2.75, 3.05) is 6.61 Å². The molecule has 108 valence electrons. The number of aliphatic hydroxyl groups excluding tert-OH is 1. The zero-order chi connectivity index (χ0) is 15.6. The van der Waals surface area contributed by atoms with Crippen molar-refractivity contribution in [3.05, 3.63) is 50.2 Å². The molecule has 2 aromatic rings. The molecule has 8 heteroatoms. The van der Waals surface area contributed by atoms with E-state index in [9.17, 15) is 10.1 Å². The predicted molar refractivity (Wildman–Crippen MR) is 78.3 cm³/mol. The van der Waals surface area contributed by atoms with Gasteiger partial charge >= 0.3 is 5.69 Å². The maximum Gasteiger partial charge on any atom is 0.314 e. The number of hydrogen-bond donors (Lipinski definition) is 1. The molecule has 0 spiro atoms. The third-order valence-electron chi connectivity index (χ3n) is 2.92.